The van der Waals surface area contributed by atoms with E-state index in [-0.39, 0.29) is 11.9 Å². The van der Waals surface area contributed by atoms with Gasteiger partial charge >= 0.3 is 0 Å². The molecule has 1 aliphatic rings. The standard InChI is InChI=1S/C12H15BrFNO/c13-9-4-3-8(10(14)7-9)6-12(16)11-2-1-5-15-11/h3-4,7,11-12,15-16H,1-2,5-6H2. The van der Waals surface area contributed by atoms with Crippen molar-refractivity contribution in [1.29, 1.82) is 0 Å². The molecular weight excluding hydrogens is 273 g/mol. The number of hydrogen-bond donors (Lipinski definition) is 2. The third kappa shape index (κ3) is 2.81. The third-order valence-corrected chi connectivity index (χ3v) is 3.50. The van der Waals surface area contributed by atoms with Crippen LogP contribution in [-0.2, 0) is 6.42 Å². The quantitative estimate of drug-likeness (QED) is 0.894. The molecule has 88 valence electrons. The predicted molar refractivity (Wildman–Crippen MR) is 64.8 cm³/mol. The summed E-state index contributed by atoms with van der Waals surface area (Å²) in [7, 11) is 0. The summed E-state index contributed by atoms with van der Waals surface area (Å²) in [5.41, 5.74) is 0.574. The van der Waals surface area contributed by atoms with E-state index in [9.17, 15) is 9.50 Å². The third-order valence-electron chi connectivity index (χ3n) is 3.01. The topological polar surface area (TPSA) is 32.3 Å². The molecule has 1 fully saturated rings. The van der Waals surface area contributed by atoms with E-state index in [1.54, 1.807) is 12.1 Å². The fourth-order valence-electron chi connectivity index (χ4n) is 2.09. The normalized spacial score (nSPS) is 22.3. The maximum Gasteiger partial charge on any atom is 0.127 e. The van der Waals surface area contributed by atoms with Crippen molar-refractivity contribution in [3.63, 3.8) is 0 Å². The van der Waals surface area contributed by atoms with Crippen LogP contribution in [0.2, 0.25) is 0 Å². The Hall–Kier alpha value is -0.450. The Morgan fingerprint density at radius 2 is 2.38 bits per heavy atom. The van der Waals surface area contributed by atoms with E-state index in [1.807, 2.05) is 0 Å². The van der Waals surface area contributed by atoms with Gasteiger partial charge in [-0.15, -0.1) is 0 Å². The first-order valence-corrected chi connectivity index (χ1v) is 6.31. The van der Waals surface area contributed by atoms with E-state index in [0.717, 1.165) is 23.9 Å². The zero-order valence-corrected chi connectivity index (χ0v) is 10.5. The highest BCUT2D eigenvalue weighted by Crippen LogP contribution is 2.19. The summed E-state index contributed by atoms with van der Waals surface area (Å²) in [5, 5.41) is 13.2. The molecule has 0 aromatic heterocycles. The van der Waals surface area contributed by atoms with Gasteiger partial charge in [-0.2, -0.15) is 0 Å². The summed E-state index contributed by atoms with van der Waals surface area (Å²) in [6.07, 6.45) is 1.93. The molecule has 4 heteroatoms. The first-order valence-electron chi connectivity index (χ1n) is 5.52. The first kappa shape index (κ1) is 12.0. The zero-order chi connectivity index (χ0) is 11.5. The van der Waals surface area contributed by atoms with Crippen LogP contribution in [0.1, 0.15) is 18.4 Å². The van der Waals surface area contributed by atoms with Gasteiger partial charge in [0.05, 0.1) is 6.10 Å². The second kappa shape index (κ2) is 5.25. The molecule has 0 radical (unpaired) electrons. The molecule has 1 saturated heterocycles. The Labute approximate surface area is 103 Å². The molecule has 2 N–H and O–H groups in total. The van der Waals surface area contributed by atoms with Gasteiger partial charge in [-0.1, -0.05) is 22.0 Å². The molecule has 2 nitrogen and oxygen atoms in total. The van der Waals surface area contributed by atoms with Crippen LogP contribution in [0.15, 0.2) is 22.7 Å². The molecule has 16 heavy (non-hydrogen) atoms. The maximum absolute atomic E-state index is 13.5. The molecule has 0 aliphatic carbocycles. The summed E-state index contributed by atoms with van der Waals surface area (Å²) in [5.74, 6) is -0.258. The van der Waals surface area contributed by atoms with Gasteiger partial charge in [0.1, 0.15) is 5.82 Å². The summed E-state index contributed by atoms with van der Waals surface area (Å²) >= 11 is 3.21. The summed E-state index contributed by atoms with van der Waals surface area (Å²) in [6.45, 7) is 0.949. The highest BCUT2D eigenvalue weighted by atomic mass is 79.9. The molecule has 0 bridgehead atoms. The van der Waals surface area contributed by atoms with Crippen LogP contribution in [0.4, 0.5) is 4.39 Å². The number of aliphatic hydroxyl groups is 1. The van der Waals surface area contributed by atoms with Crippen LogP contribution in [0, 0.1) is 5.82 Å². The molecule has 0 spiro atoms. The predicted octanol–water partition coefficient (Wildman–Crippen LogP) is 2.24. The lowest BCUT2D eigenvalue weighted by molar-refractivity contribution is 0.135. The molecule has 0 saturated carbocycles. The molecule has 1 aliphatic heterocycles. The fourth-order valence-corrected chi connectivity index (χ4v) is 2.43. The number of aliphatic hydroxyl groups excluding tert-OH is 1. The fraction of sp³-hybridized carbons (Fsp3) is 0.500. The second-order valence-corrected chi connectivity index (χ2v) is 5.13. The largest absolute Gasteiger partial charge is 0.391 e. The molecule has 0 amide bonds. The minimum absolute atomic E-state index is 0.114. The van der Waals surface area contributed by atoms with Crippen LogP contribution < -0.4 is 5.32 Å². The molecule has 1 aromatic rings. The van der Waals surface area contributed by atoms with Crippen LogP contribution >= 0.6 is 15.9 Å². The van der Waals surface area contributed by atoms with Gasteiger partial charge in [-0.25, -0.2) is 4.39 Å². The molecule has 2 unspecified atom stereocenters. The molecule has 1 aromatic carbocycles. The number of nitrogens with one attached hydrogen (secondary N) is 1. The van der Waals surface area contributed by atoms with E-state index < -0.39 is 6.10 Å². The molecule has 2 rings (SSSR count). The van der Waals surface area contributed by atoms with E-state index in [2.05, 4.69) is 21.2 Å². The van der Waals surface area contributed by atoms with E-state index in [4.69, 9.17) is 0 Å². The van der Waals surface area contributed by atoms with Crippen LogP contribution in [0.5, 0.6) is 0 Å². The van der Waals surface area contributed by atoms with E-state index in [0.29, 0.717) is 12.0 Å². The van der Waals surface area contributed by atoms with Crippen molar-refractivity contribution in [3.05, 3.63) is 34.1 Å². The van der Waals surface area contributed by atoms with Crippen LogP contribution in [0.3, 0.4) is 0 Å². The maximum atomic E-state index is 13.5. The summed E-state index contributed by atoms with van der Waals surface area (Å²) in [6, 6.07) is 5.07. The summed E-state index contributed by atoms with van der Waals surface area (Å²) < 4.78 is 14.3. The monoisotopic (exact) mass is 287 g/mol. The molecule has 1 heterocycles. The minimum Gasteiger partial charge on any atom is -0.391 e. The van der Waals surface area contributed by atoms with Crippen molar-refractivity contribution >= 4 is 15.9 Å². The highest BCUT2D eigenvalue weighted by molar-refractivity contribution is 9.10. The van der Waals surface area contributed by atoms with E-state index in [1.165, 1.54) is 6.07 Å². The van der Waals surface area contributed by atoms with Crippen molar-refractivity contribution in [2.75, 3.05) is 6.54 Å². The number of halogens is 2. The lowest BCUT2D eigenvalue weighted by Gasteiger charge is -2.18. The van der Waals surface area contributed by atoms with Crippen molar-refractivity contribution in [3.8, 4) is 0 Å². The van der Waals surface area contributed by atoms with Crippen molar-refractivity contribution in [2.45, 2.75) is 31.4 Å². The minimum atomic E-state index is -0.502. The zero-order valence-electron chi connectivity index (χ0n) is 8.92. The Kier molecular flexibility index (Phi) is 3.95. The first-order chi connectivity index (χ1) is 7.66. The van der Waals surface area contributed by atoms with Crippen LogP contribution in [0.25, 0.3) is 0 Å². The smallest absolute Gasteiger partial charge is 0.127 e. The van der Waals surface area contributed by atoms with Gasteiger partial charge in [-0.3, -0.25) is 0 Å². The Morgan fingerprint density at radius 3 is 3.00 bits per heavy atom. The number of rotatable bonds is 3. The second-order valence-electron chi connectivity index (χ2n) is 4.21. The van der Waals surface area contributed by atoms with Crippen molar-refractivity contribution in [2.24, 2.45) is 0 Å². The SMILES string of the molecule is OC(Cc1ccc(Br)cc1F)C1CCCN1. The molecule has 2 atom stereocenters. The summed E-state index contributed by atoms with van der Waals surface area (Å²) in [4.78, 5) is 0. The Morgan fingerprint density at radius 1 is 1.56 bits per heavy atom. The lowest BCUT2D eigenvalue weighted by atomic mass is 10.0. The van der Waals surface area contributed by atoms with Gasteiger partial charge in [0.2, 0.25) is 0 Å². The Bertz CT molecular complexity index is 366. The van der Waals surface area contributed by atoms with Gasteiger partial charge < -0.3 is 10.4 Å². The Balaban J connectivity index is 2.02. The van der Waals surface area contributed by atoms with Gasteiger partial charge in [-0.05, 0) is 37.1 Å². The number of benzene rings is 1. The van der Waals surface area contributed by atoms with Crippen molar-refractivity contribution < 1.29 is 9.50 Å². The highest BCUT2D eigenvalue weighted by Gasteiger charge is 2.23. The average molecular weight is 288 g/mol. The van der Waals surface area contributed by atoms with Crippen LogP contribution in [-0.4, -0.2) is 23.8 Å². The van der Waals surface area contributed by atoms with Gasteiger partial charge in [0, 0.05) is 16.9 Å². The average Bonchev–Trinajstić information content (AvgIpc) is 2.75. The van der Waals surface area contributed by atoms with Crippen molar-refractivity contribution in [1.82, 2.24) is 5.32 Å². The van der Waals surface area contributed by atoms with E-state index >= 15 is 0 Å². The van der Waals surface area contributed by atoms with Gasteiger partial charge in [0.15, 0.2) is 0 Å². The number of hydrogen-bond acceptors (Lipinski definition) is 2. The van der Waals surface area contributed by atoms with Gasteiger partial charge in [0.25, 0.3) is 0 Å². The lowest BCUT2D eigenvalue weighted by Crippen LogP contribution is -2.36. The molecular formula is C12H15BrFNO.